The van der Waals surface area contributed by atoms with Crippen LogP contribution >= 0.6 is 11.6 Å². The fourth-order valence-electron chi connectivity index (χ4n) is 3.22. The van der Waals surface area contributed by atoms with Gasteiger partial charge in [-0.2, -0.15) is 5.26 Å². The number of aliphatic hydroxyl groups is 1. The summed E-state index contributed by atoms with van der Waals surface area (Å²) < 4.78 is 0. The number of benzene rings is 2. The number of hydrogen-bond acceptors (Lipinski definition) is 3. The molecule has 0 saturated carbocycles. The van der Waals surface area contributed by atoms with Crippen LogP contribution in [0.3, 0.4) is 0 Å². The normalized spacial score (nSPS) is 19.5. The molecule has 1 heterocycles. The van der Waals surface area contributed by atoms with Crippen molar-refractivity contribution in [2.75, 3.05) is 6.54 Å². The molecule has 0 fully saturated rings. The van der Waals surface area contributed by atoms with Gasteiger partial charge in [0.25, 0.3) is 0 Å². The molecule has 0 aliphatic carbocycles. The lowest BCUT2D eigenvalue weighted by Crippen LogP contribution is -2.41. The van der Waals surface area contributed by atoms with Crippen LogP contribution in [0, 0.1) is 11.3 Å². The molecule has 122 valence electrons. The van der Waals surface area contributed by atoms with E-state index in [-0.39, 0.29) is 24.9 Å². The molecule has 1 N–H and O–H groups in total. The third-order valence-corrected chi connectivity index (χ3v) is 4.88. The molecular formula is C19H17ClN2O2. The molecular weight excluding hydrogens is 324 g/mol. The summed E-state index contributed by atoms with van der Waals surface area (Å²) >= 11 is 6.17. The predicted molar refractivity (Wildman–Crippen MR) is 91.4 cm³/mol. The minimum absolute atomic E-state index is 0.0434. The molecule has 4 nitrogen and oxygen atoms in total. The van der Waals surface area contributed by atoms with Crippen molar-refractivity contribution >= 4 is 17.5 Å². The number of β-amino-alcohol motifs (C(OH)–C–C–N with tert-alkyl or cyclic N) is 1. The molecule has 1 aliphatic heterocycles. The summed E-state index contributed by atoms with van der Waals surface area (Å²) in [6, 6.07) is 14.6. The van der Waals surface area contributed by atoms with Crippen LogP contribution in [0.15, 0.2) is 42.5 Å². The van der Waals surface area contributed by atoms with E-state index in [1.807, 2.05) is 31.2 Å². The summed E-state index contributed by atoms with van der Waals surface area (Å²) in [5, 5.41) is 20.0. The monoisotopic (exact) mass is 340 g/mol. The smallest absolute Gasteiger partial charge is 0.227 e. The Morgan fingerprint density at radius 1 is 1.29 bits per heavy atom. The van der Waals surface area contributed by atoms with Crippen molar-refractivity contribution in [2.24, 2.45) is 0 Å². The Hall–Kier alpha value is -2.35. The Morgan fingerprint density at radius 2 is 2.00 bits per heavy atom. The lowest BCUT2D eigenvalue weighted by molar-refractivity contribution is -0.135. The van der Waals surface area contributed by atoms with Crippen molar-refractivity contribution in [2.45, 2.75) is 25.5 Å². The minimum Gasteiger partial charge on any atom is -0.387 e. The van der Waals surface area contributed by atoms with Gasteiger partial charge in [-0.3, -0.25) is 4.79 Å². The number of amides is 1. The number of nitrogens with zero attached hydrogens (tertiary/aromatic N) is 2. The average molecular weight is 341 g/mol. The van der Waals surface area contributed by atoms with Crippen LogP contribution in [0.25, 0.3) is 0 Å². The van der Waals surface area contributed by atoms with Crippen molar-refractivity contribution in [3.63, 3.8) is 0 Å². The number of halogens is 1. The van der Waals surface area contributed by atoms with Crippen molar-refractivity contribution < 1.29 is 9.90 Å². The Labute approximate surface area is 145 Å². The summed E-state index contributed by atoms with van der Waals surface area (Å²) in [6.45, 7) is 2.18. The first-order chi connectivity index (χ1) is 11.5. The van der Waals surface area contributed by atoms with Gasteiger partial charge in [-0.15, -0.1) is 0 Å². The van der Waals surface area contributed by atoms with E-state index >= 15 is 0 Å². The lowest BCUT2D eigenvalue weighted by atomic mass is 9.91. The summed E-state index contributed by atoms with van der Waals surface area (Å²) in [5.74, 6) is -0.152. The van der Waals surface area contributed by atoms with E-state index in [0.29, 0.717) is 16.1 Å². The molecule has 1 amide bonds. The summed E-state index contributed by atoms with van der Waals surface area (Å²) in [6.07, 6.45) is -0.662. The predicted octanol–water partition coefficient (Wildman–Crippen LogP) is 3.39. The zero-order chi connectivity index (χ0) is 17.3. The number of aliphatic hydroxyl groups excluding tert-OH is 1. The van der Waals surface area contributed by atoms with E-state index < -0.39 is 6.10 Å². The van der Waals surface area contributed by atoms with E-state index in [0.717, 1.165) is 11.1 Å². The second kappa shape index (κ2) is 6.64. The Kier molecular flexibility index (Phi) is 4.57. The Balaban J connectivity index is 1.89. The lowest BCUT2D eigenvalue weighted by Gasteiger charge is -2.38. The van der Waals surface area contributed by atoms with Gasteiger partial charge in [0.15, 0.2) is 0 Å². The van der Waals surface area contributed by atoms with Gasteiger partial charge in [0.05, 0.1) is 36.7 Å². The van der Waals surface area contributed by atoms with Crippen LogP contribution in [-0.4, -0.2) is 22.5 Å². The molecule has 1 aliphatic rings. The van der Waals surface area contributed by atoms with Crippen LogP contribution in [0.2, 0.25) is 5.02 Å². The first kappa shape index (κ1) is 16.5. The van der Waals surface area contributed by atoms with E-state index in [1.165, 1.54) is 0 Å². The van der Waals surface area contributed by atoms with Crippen molar-refractivity contribution in [3.8, 4) is 6.07 Å². The largest absolute Gasteiger partial charge is 0.387 e. The van der Waals surface area contributed by atoms with E-state index in [9.17, 15) is 15.2 Å². The standard InChI is InChI=1S/C19H17ClN2O2/c1-12-14-6-2-3-7-15(14)18(23)11-22(12)19(24)9-16-13(10-21)5-4-8-17(16)20/h2-8,12,18,23H,9,11H2,1H3/t12-,18-/m0/s1. The van der Waals surface area contributed by atoms with Crippen molar-refractivity contribution in [3.05, 3.63) is 69.7 Å². The summed E-state index contributed by atoms with van der Waals surface area (Å²) in [7, 11) is 0. The highest BCUT2D eigenvalue weighted by atomic mass is 35.5. The number of carbonyl (C=O) groups is 1. The number of nitriles is 1. The Bertz CT molecular complexity index is 828. The second-order valence-electron chi connectivity index (χ2n) is 5.92. The van der Waals surface area contributed by atoms with Gasteiger partial charge >= 0.3 is 0 Å². The van der Waals surface area contributed by atoms with E-state index in [2.05, 4.69) is 6.07 Å². The zero-order valence-corrected chi connectivity index (χ0v) is 14.0. The fraction of sp³-hybridized carbons (Fsp3) is 0.263. The van der Waals surface area contributed by atoms with Crippen LogP contribution in [0.1, 0.15) is 41.3 Å². The van der Waals surface area contributed by atoms with Gasteiger partial charge in [0.2, 0.25) is 5.91 Å². The van der Waals surface area contributed by atoms with Gasteiger partial charge in [0.1, 0.15) is 0 Å². The third-order valence-electron chi connectivity index (χ3n) is 4.53. The molecule has 5 heteroatoms. The maximum Gasteiger partial charge on any atom is 0.227 e. The molecule has 2 aromatic rings. The molecule has 0 unspecified atom stereocenters. The number of fused-ring (bicyclic) bond motifs is 1. The SMILES string of the molecule is C[C@H]1c2ccccc2[C@@H](O)CN1C(=O)Cc1c(Cl)cccc1C#N. The highest BCUT2D eigenvalue weighted by Crippen LogP contribution is 2.35. The molecule has 0 radical (unpaired) electrons. The van der Waals surface area contributed by atoms with Gasteiger partial charge in [-0.05, 0) is 35.7 Å². The highest BCUT2D eigenvalue weighted by Gasteiger charge is 2.32. The molecule has 2 aromatic carbocycles. The highest BCUT2D eigenvalue weighted by molar-refractivity contribution is 6.31. The molecule has 0 bridgehead atoms. The first-order valence-corrected chi connectivity index (χ1v) is 8.14. The van der Waals surface area contributed by atoms with Crippen molar-refractivity contribution in [1.29, 1.82) is 5.26 Å². The molecule has 0 saturated heterocycles. The van der Waals surface area contributed by atoms with Gasteiger partial charge < -0.3 is 10.0 Å². The number of hydrogen-bond donors (Lipinski definition) is 1. The fourth-order valence-corrected chi connectivity index (χ4v) is 3.46. The van der Waals surface area contributed by atoms with Crippen LogP contribution in [0.4, 0.5) is 0 Å². The minimum atomic E-state index is -0.706. The molecule has 0 aromatic heterocycles. The average Bonchev–Trinajstić information content (AvgIpc) is 2.59. The van der Waals surface area contributed by atoms with Crippen LogP contribution < -0.4 is 0 Å². The molecule has 2 atom stereocenters. The molecule has 24 heavy (non-hydrogen) atoms. The first-order valence-electron chi connectivity index (χ1n) is 7.76. The maximum absolute atomic E-state index is 12.8. The topological polar surface area (TPSA) is 64.3 Å². The third kappa shape index (κ3) is 2.89. The number of carbonyl (C=O) groups excluding carboxylic acids is 1. The van der Waals surface area contributed by atoms with E-state index in [4.69, 9.17) is 11.6 Å². The quantitative estimate of drug-likeness (QED) is 0.911. The maximum atomic E-state index is 12.8. The second-order valence-corrected chi connectivity index (χ2v) is 6.33. The number of rotatable bonds is 2. The van der Waals surface area contributed by atoms with Gasteiger partial charge in [-0.1, -0.05) is 41.9 Å². The van der Waals surface area contributed by atoms with Crippen LogP contribution in [-0.2, 0) is 11.2 Å². The molecule has 0 spiro atoms. The summed E-state index contributed by atoms with van der Waals surface area (Å²) in [5.41, 5.74) is 2.75. The van der Waals surface area contributed by atoms with Crippen LogP contribution in [0.5, 0.6) is 0 Å². The van der Waals surface area contributed by atoms with Crippen molar-refractivity contribution in [1.82, 2.24) is 4.90 Å². The van der Waals surface area contributed by atoms with Gasteiger partial charge in [-0.25, -0.2) is 0 Å². The Morgan fingerprint density at radius 3 is 2.71 bits per heavy atom. The zero-order valence-electron chi connectivity index (χ0n) is 13.2. The summed E-state index contributed by atoms with van der Waals surface area (Å²) in [4.78, 5) is 14.5. The van der Waals surface area contributed by atoms with E-state index in [1.54, 1.807) is 23.1 Å². The van der Waals surface area contributed by atoms with Gasteiger partial charge in [0, 0.05) is 5.02 Å². The molecule has 3 rings (SSSR count).